The minimum atomic E-state index is 0.125. The molecule has 3 nitrogen and oxygen atoms in total. The second kappa shape index (κ2) is 6.76. The predicted molar refractivity (Wildman–Crippen MR) is 76.0 cm³/mol. The molecule has 0 amide bonds. The van der Waals surface area contributed by atoms with Gasteiger partial charge in [-0.05, 0) is 36.0 Å². The molecule has 0 saturated carbocycles. The molecule has 1 rings (SSSR count). The highest BCUT2D eigenvalue weighted by molar-refractivity contribution is 5.46. The highest BCUT2D eigenvalue weighted by Gasteiger charge is 2.13. The van der Waals surface area contributed by atoms with Crippen molar-refractivity contribution in [3.63, 3.8) is 0 Å². The van der Waals surface area contributed by atoms with E-state index < -0.39 is 0 Å². The third-order valence-corrected chi connectivity index (χ3v) is 3.08. The second-order valence-electron chi connectivity index (χ2n) is 5.69. The van der Waals surface area contributed by atoms with Crippen LogP contribution in [0, 0.1) is 0 Å². The van der Waals surface area contributed by atoms with Crippen LogP contribution in [0.2, 0.25) is 0 Å². The molecular weight excluding hydrogens is 226 g/mol. The number of aliphatic hydroxyl groups is 2. The van der Waals surface area contributed by atoms with Gasteiger partial charge in [-0.2, -0.15) is 0 Å². The number of hydrogen-bond acceptors (Lipinski definition) is 3. The molecule has 0 bridgehead atoms. The minimum absolute atomic E-state index is 0.125. The van der Waals surface area contributed by atoms with Crippen LogP contribution in [0.5, 0.6) is 0 Å². The molecule has 0 aromatic heterocycles. The Morgan fingerprint density at radius 3 is 1.89 bits per heavy atom. The van der Waals surface area contributed by atoms with E-state index >= 15 is 0 Å². The van der Waals surface area contributed by atoms with Crippen molar-refractivity contribution >= 4 is 5.69 Å². The maximum absolute atomic E-state index is 8.97. The Kier molecular flexibility index (Phi) is 5.63. The molecule has 102 valence electrons. The van der Waals surface area contributed by atoms with Crippen molar-refractivity contribution in [2.75, 3.05) is 18.5 Å². The summed E-state index contributed by atoms with van der Waals surface area (Å²) in [4.78, 5) is 0. The average molecular weight is 251 g/mol. The summed E-state index contributed by atoms with van der Waals surface area (Å²) in [7, 11) is 0. The summed E-state index contributed by atoms with van der Waals surface area (Å²) in [6.45, 7) is 6.84. The lowest BCUT2D eigenvalue weighted by Crippen LogP contribution is -2.22. The lowest BCUT2D eigenvalue weighted by atomic mass is 9.87. The lowest BCUT2D eigenvalue weighted by molar-refractivity contribution is 0.248. The summed E-state index contributed by atoms with van der Waals surface area (Å²) in [6, 6.07) is 8.49. The topological polar surface area (TPSA) is 52.5 Å². The summed E-state index contributed by atoms with van der Waals surface area (Å²) in [5, 5.41) is 21.3. The van der Waals surface area contributed by atoms with Gasteiger partial charge in [-0.25, -0.2) is 0 Å². The van der Waals surface area contributed by atoms with Gasteiger partial charge < -0.3 is 15.5 Å². The second-order valence-corrected chi connectivity index (χ2v) is 5.69. The van der Waals surface area contributed by atoms with Crippen molar-refractivity contribution in [2.45, 2.75) is 45.1 Å². The van der Waals surface area contributed by atoms with Gasteiger partial charge in [0.15, 0.2) is 0 Å². The fourth-order valence-corrected chi connectivity index (χ4v) is 1.90. The lowest BCUT2D eigenvalue weighted by Gasteiger charge is -2.21. The van der Waals surface area contributed by atoms with Crippen LogP contribution < -0.4 is 5.32 Å². The van der Waals surface area contributed by atoms with Crippen LogP contribution in [0.4, 0.5) is 5.69 Å². The summed E-state index contributed by atoms with van der Waals surface area (Å²) in [6.07, 6.45) is 1.31. The van der Waals surface area contributed by atoms with Gasteiger partial charge in [0, 0.05) is 24.9 Å². The van der Waals surface area contributed by atoms with E-state index in [0.29, 0.717) is 12.8 Å². The number of benzene rings is 1. The van der Waals surface area contributed by atoms with Crippen LogP contribution in [-0.2, 0) is 5.41 Å². The first-order valence-corrected chi connectivity index (χ1v) is 6.56. The minimum Gasteiger partial charge on any atom is -0.396 e. The standard InChI is InChI=1S/C15H25NO2/c1-15(2,3)12-4-6-13(7-5-12)16-14(8-10-17)9-11-18/h4-7,14,16-18H,8-11H2,1-3H3. The molecule has 0 fully saturated rings. The molecule has 0 radical (unpaired) electrons. The van der Waals surface area contributed by atoms with Gasteiger partial charge in [-0.1, -0.05) is 32.9 Å². The van der Waals surface area contributed by atoms with E-state index in [0.717, 1.165) is 5.69 Å². The summed E-state index contributed by atoms with van der Waals surface area (Å²) in [5.74, 6) is 0. The number of nitrogens with one attached hydrogen (secondary N) is 1. The van der Waals surface area contributed by atoms with Crippen molar-refractivity contribution in [1.29, 1.82) is 0 Å². The van der Waals surface area contributed by atoms with Gasteiger partial charge in [-0.15, -0.1) is 0 Å². The van der Waals surface area contributed by atoms with Gasteiger partial charge in [0.1, 0.15) is 0 Å². The van der Waals surface area contributed by atoms with Crippen LogP contribution in [0.15, 0.2) is 24.3 Å². The molecule has 1 aromatic rings. The monoisotopic (exact) mass is 251 g/mol. The van der Waals surface area contributed by atoms with Crippen LogP contribution in [0.25, 0.3) is 0 Å². The Bertz CT molecular complexity index is 335. The van der Waals surface area contributed by atoms with E-state index in [1.54, 1.807) is 0 Å². The average Bonchev–Trinajstić information content (AvgIpc) is 2.29. The largest absolute Gasteiger partial charge is 0.396 e. The maximum Gasteiger partial charge on any atom is 0.0450 e. The molecule has 3 N–H and O–H groups in total. The molecule has 3 heteroatoms. The van der Waals surface area contributed by atoms with E-state index in [9.17, 15) is 0 Å². The highest BCUT2D eigenvalue weighted by Crippen LogP contribution is 2.24. The van der Waals surface area contributed by atoms with Crippen molar-refractivity contribution < 1.29 is 10.2 Å². The molecule has 0 unspecified atom stereocenters. The van der Waals surface area contributed by atoms with Gasteiger partial charge in [0.05, 0.1) is 0 Å². The molecule has 0 heterocycles. The van der Waals surface area contributed by atoms with Crippen LogP contribution in [0.1, 0.15) is 39.2 Å². The molecule has 0 aliphatic rings. The molecular formula is C15H25NO2. The summed E-state index contributed by atoms with van der Waals surface area (Å²) >= 11 is 0. The zero-order chi connectivity index (χ0) is 13.6. The van der Waals surface area contributed by atoms with Crippen molar-refractivity contribution in [2.24, 2.45) is 0 Å². The fraction of sp³-hybridized carbons (Fsp3) is 0.600. The molecule has 0 aliphatic heterocycles. The third-order valence-electron chi connectivity index (χ3n) is 3.08. The summed E-state index contributed by atoms with van der Waals surface area (Å²) < 4.78 is 0. The Morgan fingerprint density at radius 2 is 1.50 bits per heavy atom. The summed E-state index contributed by atoms with van der Waals surface area (Å²) in [5.41, 5.74) is 2.50. The predicted octanol–water partition coefficient (Wildman–Crippen LogP) is 2.53. The first-order valence-electron chi connectivity index (χ1n) is 6.56. The number of anilines is 1. The Hall–Kier alpha value is -1.06. The normalized spacial score (nSPS) is 11.9. The van der Waals surface area contributed by atoms with Gasteiger partial charge in [0.2, 0.25) is 0 Å². The molecule has 18 heavy (non-hydrogen) atoms. The number of hydrogen-bond donors (Lipinski definition) is 3. The van der Waals surface area contributed by atoms with E-state index in [-0.39, 0.29) is 24.7 Å². The number of rotatable bonds is 6. The first-order chi connectivity index (χ1) is 8.47. The smallest absolute Gasteiger partial charge is 0.0450 e. The molecule has 0 spiro atoms. The van der Waals surface area contributed by atoms with Gasteiger partial charge in [0.25, 0.3) is 0 Å². The van der Waals surface area contributed by atoms with Crippen molar-refractivity contribution in [1.82, 2.24) is 0 Å². The van der Waals surface area contributed by atoms with Gasteiger partial charge in [-0.3, -0.25) is 0 Å². The SMILES string of the molecule is CC(C)(C)c1ccc(NC(CCO)CCO)cc1. The van der Waals surface area contributed by atoms with E-state index in [1.165, 1.54) is 5.56 Å². The van der Waals surface area contributed by atoms with Crippen molar-refractivity contribution in [3.05, 3.63) is 29.8 Å². The van der Waals surface area contributed by atoms with Crippen LogP contribution in [-0.4, -0.2) is 29.5 Å². The molecule has 0 saturated heterocycles. The Labute approximate surface area is 110 Å². The highest BCUT2D eigenvalue weighted by atomic mass is 16.3. The molecule has 0 aliphatic carbocycles. The molecule has 1 aromatic carbocycles. The fourth-order valence-electron chi connectivity index (χ4n) is 1.90. The zero-order valence-electron chi connectivity index (χ0n) is 11.6. The van der Waals surface area contributed by atoms with Crippen LogP contribution in [0.3, 0.4) is 0 Å². The molecule has 0 atom stereocenters. The van der Waals surface area contributed by atoms with E-state index in [2.05, 4.69) is 50.4 Å². The van der Waals surface area contributed by atoms with Gasteiger partial charge >= 0.3 is 0 Å². The Morgan fingerprint density at radius 1 is 1.00 bits per heavy atom. The zero-order valence-corrected chi connectivity index (χ0v) is 11.6. The third kappa shape index (κ3) is 4.67. The first kappa shape index (κ1) is 15.0. The number of aliphatic hydroxyl groups excluding tert-OH is 2. The Balaban J connectivity index is 2.67. The van der Waals surface area contributed by atoms with Crippen LogP contribution >= 0.6 is 0 Å². The van der Waals surface area contributed by atoms with Crippen molar-refractivity contribution in [3.8, 4) is 0 Å². The van der Waals surface area contributed by atoms with E-state index in [1.807, 2.05) is 0 Å². The maximum atomic E-state index is 8.97. The quantitative estimate of drug-likeness (QED) is 0.728. The van der Waals surface area contributed by atoms with E-state index in [4.69, 9.17) is 10.2 Å².